The third kappa shape index (κ3) is 1.84. The molecule has 0 unspecified atom stereocenters. The molecule has 4 heteroatoms. The summed E-state index contributed by atoms with van der Waals surface area (Å²) in [6.07, 6.45) is 3.81. The molecule has 0 aromatic carbocycles. The van der Waals surface area contributed by atoms with Crippen molar-refractivity contribution in [3.05, 3.63) is 17.5 Å². The summed E-state index contributed by atoms with van der Waals surface area (Å²) in [6, 6.07) is 0. The van der Waals surface area contributed by atoms with Gasteiger partial charge in [0.1, 0.15) is 11.8 Å². The Hall–Kier alpha value is -1.32. The molecule has 0 saturated carbocycles. The van der Waals surface area contributed by atoms with Gasteiger partial charge in [-0.05, 0) is 12.8 Å². The highest BCUT2D eigenvalue weighted by Gasteiger charge is 2.13. The van der Waals surface area contributed by atoms with Crippen molar-refractivity contribution in [1.29, 1.82) is 0 Å². The minimum atomic E-state index is -0.970. The highest BCUT2D eigenvalue weighted by molar-refractivity contribution is 5.88. The fraction of sp³-hybridized carbons (Fsp3) is 0.500. The number of nitrogens with zero attached hydrogens (tertiary/aromatic N) is 1. The molecule has 0 aliphatic carbocycles. The van der Waals surface area contributed by atoms with Gasteiger partial charge in [0.2, 0.25) is 0 Å². The predicted molar refractivity (Wildman–Crippen MR) is 42.1 cm³/mol. The van der Waals surface area contributed by atoms with Gasteiger partial charge in [0.25, 0.3) is 0 Å². The maximum absolute atomic E-state index is 10.5. The van der Waals surface area contributed by atoms with E-state index in [0.717, 1.165) is 12.8 Å². The SMILES string of the molecule is CCCCc1nocc1C(=O)O. The molecular weight excluding hydrogens is 158 g/mol. The summed E-state index contributed by atoms with van der Waals surface area (Å²) in [5.41, 5.74) is 0.729. The van der Waals surface area contributed by atoms with Crippen molar-refractivity contribution in [2.45, 2.75) is 26.2 Å². The highest BCUT2D eigenvalue weighted by atomic mass is 16.5. The number of aryl methyl sites for hydroxylation is 1. The number of aromatic carboxylic acids is 1. The van der Waals surface area contributed by atoms with E-state index in [-0.39, 0.29) is 5.56 Å². The van der Waals surface area contributed by atoms with Gasteiger partial charge in [0.05, 0.1) is 5.69 Å². The van der Waals surface area contributed by atoms with Crippen LogP contribution in [0.3, 0.4) is 0 Å². The van der Waals surface area contributed by atoms with Crippen LogP contribution < -0.4 is 0 Å². The molecule has 0 atom stereocenters. The number of carbonyl (C=O) groups is 1. The lowest BCUT2D eigenvalue weighted by Crippen LogP contribution is -1.99. The number of carboxylic acid groups (broad SMARTS) is 1. The van der Waals surface area contributed by atoms with Gasteiger partial charge >= 0.3 is 5.97 Å². The Morgan fingerprint density at radius 3 is 3.08 bits per heavy atom. The third-order valence-corrected chi connectivity index (χ3v) is 1.64. The molecular formula is C8H11NO3. The molecule has 1 rings (SSSR count). The second kappa shape index (κ2) is 3.90. The van der Waals surface area contributed by atoms with E-state index >= 15 is 0 Å². The van der Waals surface area contributed by atoms with Crippen molar-refractivity contribution in [1.82, 2.24) is 5.16 Å². The van der Waals surface area contributed by atoms with Crippen molar-refractivity contribution in [2.24, 2.45) is 0 Å². The standard InChI is InChI=1S/C8H11NO3/c1-2-3-4-7-6(8(10)11)5-12-9-7/h5H,2-4H2,1H3,(H,10,11). The Kier molecular flexibility index (Phi) is 2.85. The van der Waals surface area contributed by atoms with Gasteiger partial charge in [0.15, 0.2) is 0 Å². The van der Waals surface area contributed by atoms with Crippen LogP contribution in [0.25, 0.3) is 0 Å². The maximum Gasteiger partial charge on any atom is 0.340 e. The Bertz CT molecular complexity index is 267. The van der Waals surface area contributed by atoms with Gasteiger partial charge in [-0.25, -0.2) is 4.79 Å². The summed E-state index contributed by atoms with van der Waals surface area (Å²) in [4.78, 5) is 10.5. The second-order valence-electron chi connectivity index (χ2n) is 2.58. The lowest BCUT2D eigenvalue weighted by atomic mass is 10.1. The van der Waals surface area contributed by atoms with Gasteiger partial charge in [-0.15, -0.1) is 0 Å². The third-order valence-electron chi connectivity index (χ3n) is 1.64. The molecule has 0 aliphatic rings. The lowest BCUT2D eigenvalue weighted by Gasteiger charge is -1.93. The number of hydrogen-bond acceptors (Lipinski definition) is 3. The van der Waals surface area contributed by atoms with Crippen LogP contribution in [0, 0.1) is 0 Å². The predicted octanol–water partition coefficient (Wildman–Crippen LogP) is 1.72. The van der Waals surface area contributed by atoms with E-state index in [1.807, 2.05) is 6.92 Å². The first-order valence-corrected chi connectivity index (χ1v) is 3.92. The van der Waals surface area contributed by atoms with Crippen molar-refractivity contribution in [3.8, 4) is 0 Å². The normalized spacial score (nSPS) is 10.1. The average molecular weight is 169 g/mol. The van der Waals surface area contributed by atoms with Crippen LogP contribution in [-0.2, 0) is 6.42 Å². The number of carboxylic acids is 1. The molecule has 0 saturated heterocycles. The first-order valence-electron chi connectivity index (χ1n) is 3.92. The summed E-state index contributed by atoms with van der Waals surface area (Å²) in [7, 11) is 0. The quantitative estimate of drug-likeness (QED) is 0.745. The average Bonchev–Trinajstić information content (AvgIpc) is 2.48. The first kappa shape index (κ1) is 8.77. The summed E-state index contributed by atoms with van der Waals surface area (Å²) >= 11 is 0. The Labute approximate surface area is 70.2 Å². The van der Waals surface area contributed by atoms with Crippen molar-refractivity contribution >= 4 is 5.97 Å². The molecule has 0 fully saturated rings. The monoisotopic (exact) mass is 169 g/mol. The lowest BCUT2D eigenvalue weighted by molar-refractivity contribution is 0.0695. The van der Waals surface area contributed by atoms with Crippen molar-refractivity contribution in [3.63, 3.8) is 0 Å². The van der Waals surface area contributed by atoms with Gasteiger partial charge < -0.3 is 9.63 Å². The molecule has 12 heavy (non-hydrogen) atoms. The van der Waals surface area contributed by atoms with E-state index < -0.39 is 5.97 Å². The summed E-state index contributed by atoms with van der Waals surface area (Å²) < 4.78 is 4.57. The van der Waals surface area contributed by atoms with Gasteiger partial charge in [-0.2, -0.15) is 0 Å². The highest BCUT2D eigenvalue weighted by Crippen LogP contribution is 2.09. The minimum absolute atomic E-state index is 0.184. The molecule has 1 N–H and O–H groups in total. The molecule has 0 aliphatic heterocycles. The van der Waals surface area contributed by atoms with Crippen molar-refractivity contribution < 1.29 is 14.4 Å². The topological polar surface area (TPSA) is 63.3 Å². The molecule has 66 valence electrons. The molecule has 0 spiro atoms. The van der Waals surface area contributed by atoms with Crippen LogP contribution in [-0.4, -0.2) is 16.2 Å². The van der Waals surface area contributed by atoms with E-state index in [0.29, 0.717) is 12.1 Å². The number of rotatable bonds is 4. The van der Waals surface area contributed by atoms with E-state index in [2.05, 4.69) is 9.68 Å². The fourth-order valence-corrected chi connectivity index (χ4v) is 0.958. The summed E-state index contributed by atoms with van der Waals surface area (Å²) in [5.74, 6) is -0.970. The molecule has 0 radical (unpaired) electrons. The largest absolute Gasteiger partial charge is 0.478 e. The molecule has 0 amide bonds. The zero-order valence-electron chi connectivity index (χ0n) is 6.91. The first-order chi connectivity index (χ1) is 5.75. The van der Waals surface area contributed by atoms with Crippen LogP contribution in [0.2, 0.25) is 0 Å². The van der Waals surface area contributed by atoms with Crippen LogP contribution in [0.4, 0.5) is 0 Å². The van der Waals surface area contributed by atoms with Gasteiger partial charge in [-0.3, -0.25) is 0 Å². The number of unbranched alkanes of at least 4 members (excludes halogenated alkanes) is 1. The van der Waals surface area contributed by atoms with Crippen LogP contribution in [0.1, 0.15) is 35.8 Å². The molecule has 1 heterocycles. The van der Waals surface area contributed by atoms with Gasteiger partial charge in [-0.1, -0.05) is 18.5 Å². The van der Waals surface area contributed by atoms with E-state index in [9.17, 15) is 4.79 Å². The zero-order chi connectivity index (χ0) is 8.97. The van der Waals surface area contributed by atoms with Crippen molar-refractivity contribution in [2.75, 3.05) is 0 Å². The summed E-state index contributed by atoms with van der Waals surface area (Å²) in [6.45, 7) is 2.04. The Balaban J connectivity index is 2.70. The van der Waals surface area contributed by atoms with Crippen LogP contribution in [0.15, 0.2) is 10.8 Å². The molecule has 1 aromatic rings. The van der Waals surface area contributed by atoms with Crippen LogP contribution in [0.5, 0.6) is 0 Å². The maximum atomic E-state index is 10.5. The fourth-order valence-electron chi connectivity index (χ4n) is 0.958. The molecule has 0 bridgehead atoms. The summed E-state index contributed by atoms with van der Waals surface area (Å²) in [5, 5.41) is 12.3. The molecule has 4 nitrogen and oxygen atoms in total. The van der Waals surface area contributed by atoms with Crippen LogP contribution >= 0.6 is 0 Å². The Morgan fingerprint density at radius 1 is 1.75 bits per heavy atom. The number of hydrogen-bond donors (Lipinski definition) is 1. The Morgan fingerprint density at radius 2 is 2.50 bits per heavy atom. The van der Waals surface area contributed by atoms with E-state index in [4.69, 9.17) is 5.11 Å². The van der Waals surface area contributed by atoms with E-state index in [1.54, 1.807) is 0 Å². The zero-order valence-corrected chi connectivity index (χ0v) is 6.91. The number of aromatic nitrogens is 1. The second-order valence-corrected chi connectivity index (χ2v) is 2.58. The van der Waals surface area contributed by atoms with Gasteiger partial charge in [0, 0.05) is 0 Å². The van der Waals surface area contributed by atoms with E-state index in [1.165, 1.54) is 6.26 Å². The molecule has 1 aromatic heterocycles. The smallest absolute Gasteiger partial charge is 0.340 e. The minimum Gasteiger partial charge on any atom is -0.478 e.